The summed E-state index contributed by atoms with van der Waals surface area (Å²) in [6, 6.07) is 1.75. The van der Waals surface area contributed by atoms with Crippen molar-refractivity contribution >= 4 is 12.4 Å². The number of halogens is 1. The van der Waals surface area contributed by atoms with Gasteiger partial charge in [-0.25, -0.2) is 0 Å². The molecule has 0 fully saturated rings. The molecular formula is C4H11ClN2. The van der Waals surface area contributed by atoms with Gasteiger partial charge in [0.25, 0.3) is 0 Å². The van der Waals surface area contributed by atoms with Crippen molar-refractivity contribution in [1.29, 1.82) is 5.26 Å². The molecule has 7 heavy (non-hydrogen) atoms. The summed E-state index contributed by atoms with van der Waals surface area (Å²) < 4.78 is 0. The maximum absolute atomic E-state index is 7.32. The molecule has 0 aliphatic rings. The van der Waals surface area contributed by atoms with Crippen molar-refractivity contribution in [3.63, 3.8) is 0 Å². The average molecular weight is 123 g/mol. The highest BCUT2D eigenvalue weighted by molar-refractivity contribution is 5.85. The summed E-state index contributed by atoms with van der Waals surface area (Å²) >= 11 is 0. The van der Waals surface area contributed by atoms with E-state index in [1.807, 2.05) is 6.92 Å². The molecule has 0 bridgehead atoms. The molecule has 2 N–H and O–H groups in total. The van der Waals surface area contributed by atoms with Crippen LogP contribution in [-0.2, 0) is 0 Å². The zero-order valence-corrected chi connectivity index (χ0v) is 5.46. The van der Waals surface area contributed by atoms with Gasteiger partial charge < -0.3 is 5.73 Å². The molecule has 0 aromatic rings. The largest absolute Gasteiger partial charge is 0.331 e. The van der Waals surface area contributed by atoms with E-state index in [4.69, 9.17) is 11.0 Å². The molecule has 0 aliphatic carbocycles. The van der Waals surface area contributed by atoms with Crippen LogP contribution in [0.2, 0.25) is 0 Å². The summed E-state index contributed by atoms with van der Waals surface area (Å²) in [5.74, 6) is 0. The van der Waals surface area contributed by atoms with Crippen LogP contribution in [0.5, 0.6) is 0 Å². The lowest BCUT2D eigenvalue weighted by Crippen LogP contribution is -1.87. The van der Waals surface area contributed by atoms with Crippen LogP contribution in [0.1, 0.15) is 13.8 Å². The van der Waals surface area contributed by atoms with Gasteiger partial charge in [-0.2, -0.15) is 5.26 Å². The zero-order valence-electron chi connectivity index (χ0n) is 4.64. The van der Waals surface area contributed by atoms with Gasteiger partial charge >= 0.3 is 0 Å². The van der Waals surface area contributed by atoms with Crippen LogP contribution >= 0.6 is 12.4 Å². The average Bonchev–Trinajstić information content (AvgIpc) is 1.39. The lowest BCUT2D eigenvalue weighted by atomic mass is 10.8. The van der Waals surface area contributed by atoms with E-state index >= 15 is 0 Å². The van der Waals surface area contributed by atoms with Gasteiger partial charge in [0.15, 0.2) is 0 Å². The van der Waals surface area contributed by atoms with Crippen molar-refractivity contribution < 1.29 is 0 Å². The molecule has 0 rings (SSSR count). The van der Waals surface area contributed by atoms with Crippen LogP contribution < -0.4 is 5.73 Å². The van der Waals surface area contributed by atoms with Crippen LogP contribution in [0.4, 0.5) is 0 Å². The van der Waals surface area contributed by atoms with Crippen LogP contribution in [0.15, 0.2) is 0 Å². The highest BCUT2D eigenvalue weighted by Gasteiger charge is 1.32. The zero-order chi connectivity index (χ0) is 5.41. The third-order valence-corrected chi connectivity index (χ3v) is 0. The smallest absolute Gasteiger partial charge is 0.0587 e. The van der Waals surface area contributed by atoms with Crippen molar-refractivity contribution in [2.45, 2.75) is 13.8 Å². The van der Waals surface area contributed by atoms with Crippen molar-refractivity contribution in [3.8, 4) is 6.07 Å². The Morgan fingerprint density at radius 2 is 1.71 bits per heavy atom. The van der Waals surface area contributed by atoms with Crippen molar-refractivity contribution in [1.82, 2.24) is 0 Å². The minimum absolute atomic E-state index is 0. The van der Waals surface area contributed by atoms with E-state index in [0.717, 1.165) is 6.54 Å². The van der Waals surface area contributed by atoms with Gasteiger partial charge in [-0.1, -0.05) is 6.92 Å². The Labute approximate surface area is 50.7 Å². The van der Waals surface area contributed by atoms with Gasteiger partial charge in [-0.15, -0.1) is 12.4 Å². The second-order valence-electron chi connectivity index (χ2n) is 0.632. The van der Waals surface area contributed by atoms with Gasteiger partial charge in [0.1, 0.15) is 0 Å². The van der Waals surface area contributed by atoms with E-state index in [9.17, 15) is 0 Å². The lowest BCUT2D eigenvalue weighted by Gasteiger charge is -1.53. The Balaban J connectivity index is -0.0000000400. The molecule has 0 atom stereocenters. The Hall–Kier alpha value is -0.260. The monoisotopic (exact) mass is 122 g/mol. The van der Waals surface area contributed by atoms with Crippen molar-refractivity contribution in [2.75, 3.05) is 6.54 Å². The van der Waals surface area contributed by atoms with Crippen LogP contribution in [0.25, 0.3) is 0 Å². The molecule has 0 heterocycles. The Morgan fingerprint density at radius 3 is 1.71 bits per heavy atom. The molecule has 0 aliphatic heterocycles. The number of hydrogen-bond acceptors (Lipinski definition) is 2. The molecule has 0 unspecified atom stereocenters. The number of nitriles is 1. The quantitative estimate of drug-likeness (QED) is 0.520. The fourth-order valence-corrected chi connectivity index (χ4v) is 0. The number of hydrogen-bond donors (Lipinski definition) is 1. The Bertz CT molecular complexity index is 39.4. The molecule has 0 amide bonds. The predicted octanol–water partition coefficient (Wildman–Crippen LogP) is 0.917. The van der Waals surface area contributed by atoms with Crippen LogP contribution in [-0.4, -0.2) is 6.54 Å². The van der Waals surface area contributed by atoms with E-state index in [1.54, 1.807) is 6.07 Å². The van der Waals surface area contributed by atoms with Gasteiger partial charge in [0, 0.05) is 6.92 Å². The van der Waals surface area contributed by atoms with Crippen LogP contribution in [0, 0.1) is 11.3 Å². The summed E-state index contributed by atoms with van der Waals surface area (Å²) in [5.41, 5.74) is 4.85. The Morgan fingerprint density at radius 1 is 1.71 bits per heavy atom. The molecule has 0 aromatic carbocycles. The van der Waals surface area contributed by atoms with Crippen molar-refractivity contribution in [2.24, 2.45) is 5.73 Å². The standard InChI is InChI=1S/C2H7N.C2H3N.ClH/c2*1-2-3;/h2-3H2,1H3;1H3;1H. The highest BCUT2D eigenvalue weighted by Crippen LogP contribution is 1.22. The summed E-state index contributed by atoms with van der Waals surface area (Å²) in [7, 11) is 0. The molecular weight excluding hydrogens is 112 g/mol. The minimum atomic E-state index is 0. The summed E-state index contributed by atoms with van der Waals surface area (Å²) in [6.07, 6.45) is 0. The fraction of sp³-hybridized carbons (Fsp3) is 0.750. The second kappa shape index (κ2) is 42.6. The number of nitrogens with zero attached hydrogens (tertiary/aromatic N) is 1. The summed E-state index contributed by atoms with van der Waals surface area (Å²) in [5, 5.41) is 7.32. The first kappa shape index (κ1) is 15.9. The molecule has 0 aromatic heterocycles. The maximum Gasteiger partial charge on any atom is 0.0587 e. The predicted molar refractivity (Wildman–Crippen MR) is 33.3 cm³/mol. The summed E-state index contributed by atoms with van der Waals surface area (Å²) in [4.78, 5) is 0. The highest BCUT2D eigenvalue weighted by atomic mass is 35.5. The van der Waals surface area contributed by atoms with Gasteiger partial charge in [0.05, 0.1) is 6.07 Å². The van der Waals surface area contributed by atoms with Gasteiger partial charge in [-0.3, -0.25) is 0 Å². The number of nitrogens with two attached hydrogens (primary N) is 1. The van der Waals surface area contributed by atoms with E-state index in [-0.39, 0.29) is 12.4 Å². The topological polar surface area (TPSA) is 49.8 Å². The van der Waals surface area contributed by atoms with E-state index in [2.05, 4.69) is 0 Å². The molecule has 0 saturated carbocycles. The third-order valence-electron chi connectivity index (χ3n) is 0. The minimum Gasteiger partial charge on any atom is -0.331 e. The first-order valence-electron chi connectivity index (χ1n) is 1.84. The Kier molecular flexibility index (Phi) is 96.6. The number of rotatable bonds is 0. The SMILES string of the molecule is CC#N.CCN.Cl. The first-order valence-corrected chi connectivity index (χ1v) is 1.84. The normalized spacial score (nSPS) is 3.71. The lowest BCUT2D eigenvalue weighted by molar-refractivity contribution is 1.14. The van der Waals surface area contributed by atoms with E-state index in [0.29, 0.717) is 0 Å². The molecule has 0 spiro atoms. The molecule has 2 nitrogen and oxygen atoms in total. The second-order valence-corrected chi connectivity index (χ2v) is 0.632. The first-order chi connectivity index (χ1) is 2.83. The fourth-order valence-electron chi connectivity index (χ4n) is 0. The third kappa shape index (κ3) is 1190. The maximum atomic E-state index is 7.32. The van der Waals surface area contributed by atoms with Crippen molar-refractivity contribution in [3.05, 3.63) is 0 Å². The molecule has 3 heteroatoms. The van der Waals surface area contributed by atoms with E-state index < -0.39 is 0 Å². The molecule has 44 valence electrons. The molecule has 0 saturated heterocycles. The molecule has 0 radical (unpaired) electrons. The van der Waals surface area contributed by atoms with Crippen LogP contribution in [0.3, 0.4) is 0 Å². The van der Waals surface area contributed by atoms with E-state index in [1.165, 1.54) is 6.92 Å². The van der Waals surface area contributed by atoms with Gasteiger partial charge in [0.2, 0.25) is 0 Å². The van der Waals surface area contributed by atoms with Gasteiger partial charge in [-0.05, 0) is 6.54 Å². The summed E-state index contributed by atoms with van der Waals surface area (Å²) in [6.45, 7) is 4.08.